The molecule has 0 bridgehead atoms. The van der Waals surface area contributed by atoms with Crippen LogP contribution in [0.2, 0.25) is 5.02 Å². The second kappa shape index (κ2) is 7.67. The quantitative estimate of drug-likeness (QED) is 0.584. The summed E-state index contributed by atoms with van der Waals surface area (Å²) in [7, 11) is 0. The molecule has 0 saturated carbocycles. The van der Waals surface area contributed by atoms with E-state index < -0.39 is 23.9 Å². The Kier molecular flexibility index (Phi) is 5.84. The molecule has 0 radical (unpaired) electrons. The maximum atomic E-state index is 14.6. The van der Waals surface area contributed by atoms with E-state index in [1.165, 1.54) is 6.07 Å². The summed E-state index contributed by atoms with van der Waals surface area (Å²) in [6.45, 7) is 4.02. The third-order valence-electron chi connectivity index (χ3n) is 3.77. The molecule has 1 fully saturated rings. The molecule has 0 spiro atoms. The molecular weight excluding hydrogens is 341 g/mol. The molecule has 1 aliphatic heterocycles. The number of carboxylic acid groups (broad SMARTS) is 1. The van der Waals surface area contributed by atoms with Crippen molar-refractivity contribution in [2.24, 2.45) is 0 Å². The summed E-state index contributed by atoms with van der Waals surface area (Å²) in [5, 5.41) is 11.3. The molecule has 0 aliphatic carbocycles. The Morgan fingerprint density at radius 1 is 1.62 bits per heavy atom. The Morgan fingerprint density at radius 2 is 2.33 bits per heavy atom. The number of hydrogen-bond acceptors (Lipinski definition) is 4. The van der Waals surface area contributed by atoms with Gasteiger partial charge >= 0.3 is 6.09 Å². The average Bonchev–Trinajstić information content (AvgIpc) is 2.94. The largest absolute Gasteiger partial charge is 0.493 e. The summed E-state index contributed by atoms with van der Waals surface area (Å²) in [4.78, 5) is 22.1. The fourth-order valence-corrected chi connectivity index (χ4v) is 2.92. The van der Waals surface area contributed by atoms with Crippen LogP contribution < -0.4 is 20.9 Å². The second-order valence-electron chi connectivity index (χ2n) is 5.44. The lowest BCUT2D eigenvalue weighted by Gasteiger charge is -2.23. The van der Waals surface area contributed by atoms with Gasteiger partial charge in [0.25, 0.3) is 0 Å². The Hall–Kier alpha value is -2.06. The van der Waals surface area contributed by atoms with Gasteiger partial charge in [-0.2, -0.15) is 0 Å². The highest BCUT2D eigenvalue weighted by molar-refractivity contribution is 6.31. The number of rotatable bonds is 6. The summed E-state index contributed by atoms with van der Waals surface area (Å²) in [6.07, 6.45) is -1.11. The number of halogens is 2. The van der Waals surface area contributed by atoms with Crippen LogP contribution in [-0.2, 0) is 4.79 Å². The molecule has 1 saturated heterocycles. The van der Waals surface area contributed by atoms with Crippen molar-refractivity contribution in [1.29, 1.82) is 0 Å². The van der Waals surface area contributed by atoms with Crippen LogP contribution in [0.4, 0.5) is 9.18 Å². The van der Waals surface area contributed by atoms with Crippen LogP contribution in [0.5, 0.6) is 5.75 Å². The fourth-order valence-electron chi connectivity index (χ4n) is 2.70. The predicted octanol–water partition coefficient (Wildman–Crippen LogP) is 2.31. The SMILES string of the molecule is CCOc1c([C@H](C)NNC(=O)O)cc(Cl)c(F)c1C1CNC(=O)C1. The molecule has 1 aromatic rings. The van der Waals surface area contributed by atoms with Crippen molar-refractivity contribution < 1.29 is 23.8 Å². The third-order valence-corrected chi connectivity index (χ3v) is 4.05. The van der Waals surface area contributed by atoms with Crippen LogP contribution in [-0.4, -0.2) is 30.3 Å². The van der Waals surface area contributed by atoms with Crippen LogP contribution in [0, 0.1) is 5.82 Å². The fraction of sp³-hybridized carbons (Fsp3) is 0.467. The maximum absolute atomic E-state index is 14.6. The number of hydrazine groups is 1. The van der Waals surface area contributed by atoms with Crippen LogP contribution in [0.1, 0.15) is 43.4 Å². The summed E-state index contributed by atoms with van der Waals surface area (Å²) in [5.41, 5.74) is 5.37. The molecule has 0 aromatic heterocycles. The average molecular weight is 360 g/mol. The first kappa shape index (κ1) is 18.3. The van der Waals surface area contributed by atoms with Gasteiger partial charge in [-0.05, 0) is 19.9 Å². The molecule has 9 heteroatoms. The zero-order valence-electron chi connectivity index (χ0n) is 13.3. The van der Waals surface area contributed by atoms with Crippen molar-refractivity contribution in [3.8, 4) is 5.75 Å². The zero-order chi connectivity index (χ0) is 17.9. The van der Waals surface area contributed by atoms with Gasteiger partial charge in [0.2, 0.25) is 5.91 Å². The number of carbonyl (C=O) groups excluding carboxylic acids is 1. The molecule has 1 unspecified atom stereocenters. The lowest BCUT2D eigenvalue weighted by molar-refractivity contribution is -0.119. The molecule has 1 aromatic carbocycles. The monoisotopic (exact) mass is 359 g/mol. The highest BCUT2D eigenvalue weighted by atomic mass is 35.5. The van der Waals surface area contributed by atoms with Crippen molar-refractivity contribution in [2.45, 2.75) is 32.2 Å². The van der Waals surface area contributed by atoms with E-state index in [0.717, 1.165) is 0 Å². The van der Waals surface area contributed by atoms with E-state index in [-0.39, 0.29) is 35.3 Å². The van der Waals surface area contributed by atoms with E-state index in [2.05, 4.69) is 16.2 Å². The van der Waals surface area contributed by atoms with Gasteiger partial charge in [0.05, 0.1) is 17.7 Å². The van der Waals surface area contributed by atoms with Gasteiger partial charge in [0.15, 0.2) is 0 Å². The molecule has 2 atom stereocenters. The van der Waals surface area contributed by atoms with Gasteiger partial charge in [-0.25, -0.2) is 14.6 Å². The van der Waals surface area contributed by atoms with Crippen molar-refractivity contribution >= 4 is 23.6 Å². The highest BCUT2D eigenvalue weighted by Crippen LogP contribution is 2.41. The summed E-state index contributed by atoms with van der Waals surface area (Å²) < 4.78 is 20.3. The van der Waals surface area contributed by atoms with Crippen LogP contribution in [0.3, 0.4) is 0 Å². The third kappa shape index (κ3) is 3.88. The van der Waals surface area contributed by atoms with Gasteiger partial charge in [-0.1, -0.05) is 11.6 Å². The van der Waals surface area contributed by atoms with E-state index >= 15 is 0 Å². The predicted molar refractivity (Wildman–Crippen MR) is 85.7 cm³/mol. The van der Waals surface area contributed by atoms with Crippen molar-refractivity contribution in [3.63, 3.8) is 0 Å². The zero-order valence-corrected chi connectivity index (χ0v) is 14.0. The summed E-state index contributed by atoms with van der Waals surface area (Å²) in [5.74, 6) is -0.893. The van der Waals surface area contributed by atoms with Gasteiger partial charge in [0.1, 0.15) is 11.6 Å². The minimum atomic E-state index is -1.25. The number of ether oxygens (including phenoxy) is 1. The van der Waals surface area contributed by atoms with Crippen LogP contribution in [0.25, 0.3) is 0 Å². The van der Waals surface area contributed by atoms with Crippen molar-refractivity contribution in [3.05, 3.63) is 28.0 Å². The Morgan fingerprint density at radius 3 is 2.88 bits per heavy atom. The number of amides is 2. The smallest absolute Gasteiger partial charge is 0.419 e. The molecular formula is C15H19ClFN3O4. The van der Waals surface area contributed by atoms with E-state index in [9.17, 15) is 14.0 Å². The Balaban J connectivity index is 2.48. The summed E-state index contributed by atoms with van der Waals surface area (Å²) >= 11 is 6.01. The first-order chi connectivity index (χ1) is 11.3. The first-order valence-electron chi connectivity index (χ1n) is 7.50. The number of benzene rings is 1. The number of hydrogen-bond donors (Lipinski definition) is 4. The molecule has 2 rings (SSSR count). The first-order valence-corrected chi connectivity index (χ1v) is 7.88. The lowest BCUT2D eigenvalue weighted by Crippen LogP contribution is -2.38. The second-order valence-corrected chi connectivity index (χ2v) is 5.85. The van der Waals surface area contributed by atoms with Crippen LogP contribution >= 0.6 is 11.6 Å². The maximum Gasteiger partial charge on any atom is 0.419 e. The molecule has 2 amide bonds. The Bertz CT molecular complexity index is 656. The van der Waals surface area contributed by atoms with Gasteiger partial charge < -0.3 is 15.2 Å². The van der Waals surface area contributed by atoms with E-state index in [1.54, 1.807) is 13.8 Å². The van der Waals surface area contributed by atoms with Gasteiger partial charge in [-0.3, -0.25) is 10.2 Å². The number of nitrogens with one attached hydrogen (secondary N) is 3. The Labute approximate surface area is 143 Å². The lowest BCUT2D eigenvalue weighted by atomic mass is 9.92. The minimum Gasteiger partial charge on any atom is -0.493 e. The molecule has 7 nitrogen and oxygen atoms in total. The molecule has 24 heavy (non-hydrogen) atoms. The van der Waals surface area contributed by atoms with E-state index in [1.807, 2.05) is 0 Å². The molecule has 132 valence electrons. The van der Waals surface area contributed by atoms with Crippen LogP contribution in [0.15, 0.2) is 6.07 Å². The topological polar surface area (TPSA) is 99.7 Å². The highest BCUT2D eigenvalue weighted by Gasteiger charge is 2.32. The van der Waals surface area contributed by atoms with Gasteiger partial charge in [0, 0.05) is 30.0 Å². The standard InChI is InChI=1S/C15H19ClFN3O4/c1-3-24-14-9(7(2)19-20-15(22)23)5-10(16)13(17)12(14)8-4-11(21)18-6-8/h5,7-8,19-20H,3-4,6H2,1-2H3,(H,18,21)(H,22,23)/t7-,8?/m0/s1. The van der Waals surface area contributed by atoms with E-state index in [0.29, 0.717) is 12.1 Å². The molecule has 1 heterocycles. The van der Waals surface area contributed by atoms with Gasteiger partial charge in [-0.15, -0.1) is 0 Å². The molecule has 1 aliphatic rings. The normalized spacial score (nSPS) is 18.2. The minimum absolute atomic E-state index is 0.105. The number of carbonyl (C=O) groups is 2. The van der Waals surface area contributed by atoms with E-state index in [4.69, 9.17) is 21.4 Å². The van der Waals surface area contributed by atoms with Crippen molar-refractivity contribution in [1.82, 2.24) is 16.2 Å². The summed E-state index contributed by atoms with van der Waals surface area (Å²) in [6, 6.07) is 0.876. The molecule has 4 N–H and O–H groups in total. The van der Waals surface area contributed by atoms with Crippen molar-refractivity contribution in [2.75, 3.05) is 13.2 Å².